The summed E-state index contributed by atoms with van der Waals surface area (Å²) >= 11 is 0. The minimum Gasteiger partial charge on any atom is -0.504 e. The van der Waals surface area contributed by atoms with Crippen LogP contribution in [0.1, 0.15) is 102 Å². The molecule has 0 unspecified atom stereocenters. The smallest absolute Gasteiger partial charge is 0.338 e. The number of esters is 2. The third-order valence-corrected chi connectivity index (χ3v) is 5.47. The maximum absolute atomic E-state index is 11.8. The van der Waals surface area contributed by atoms with E-state index in [1.54, 1.807) is 12.1 Å². The highest BCUT2D eigenvalue weighted by atomic mass is 16.6. The second-order valence-corrected chi connectivity index (χ2v) is 8.39. The highest BCUT2D eigenvalue weighted by molar-refractivity contribution is 5.94. The molecule has 1 rings (SSSR count). The Hall–Kier alpha value is -2.56. The summed E-state index contributed by atoms with van der Waals surface area (Å²) in [5.41, 5.74) is 0.659. The van der Waals surface area contributed by atoms with Gasteiger partial charge in [0.25, 0.3) is 0 Å². The summed E-state index contributed by atoms with van der Waals surface area (Å²) in [7, 11) is 1.45. The van der Waals surface area contributed by atoms with E-state index in [1.807, 2.05) is 0 Å². The first-order valence-corrected chi connectivity index (χ1v) is 12.5. The standard InChI is InChI=1S/C28H42O5/c1-3-4-5-6-7-8-9-10-11-12-13-14-15-16-17-18-27(30)33-28(31)22-20-24-19-21-25(29)26(23-24)32-2/h10-11,19-23,29H,3-9,12-18H2,1-2H3. The Kier molecular flexibility index (Phi) is 16.4. The Morgan fingerprint density at radius 3 is 2.12 bits per heavy atom. The van der Waals surface area contributed by atoms with E-state index in [1.165, 1.54) is 76.7 Å². The van der Waals surface area contributed by atoms with E-state index in [4.69, 9.17) is 9.47 Å². The maximum Gasteiger partial charge on any atom is 0.338 e. The van der Waals surface area contributed by atoms with Crippen molar-refractivity contribution in [1.82, 2.24) is 0 Å². The second kappa shape index (κ2) is 19.0. The van der Waals surface area contributed by atoms with Gasteiger partial charge >= 0.3 is 11.9 Å². The van der Waals surface area contributed by atoms with Crippen molar-refractivity contribution < 1.29 is 24.2 Å². The van der Waals surface area contributed by atoms with Crippen LogP contribution >= 0.6 is 0 Å². The van der Waals surface area contributed by atoms with Gasteiger partial charge in [0.2, 0.25) is 0 Å². The van der Waals surface area contributed by atoms with E-state index < -0.39 is 11.9 Å². The molecule has 33 heavy (non-hydrogen) atoms. The van der Waals surface area contributed by atoms with Crippen molar-refractivity contribution in [3.05, 3.63) is 42.0 Å². The van der Waals surface area contributed by atoms with Crippen LogP contribution in [0.15, 0.2) is 36.4 Å². The Bertz CT molecular complexity index is 736. The molecule has 0 bridgehead atoms. The molecule has 1 N–H and O–H groups in total. The topological polar surface area (TPSA) is 72.8 Å². The van der Waals surface area contributed by atoms with Crippen LogP contribution in [0.25, 0.3) is 6.08 Å². The van der Waals surface area contributed by atoms with Crippen LogP contribution in [0.2, 0.25) is 0 Å². The third-order valence-electron chi connectivity index (χ3n) is 5.47. The molecule has 0 saturated heterocycles. The first kappa shape index (κ1) is 28.5. The highest BCUT2D eigenvalue weighted by Gasteiger charge is 2.08. The predicted molar refractivity (Wildman–Crippen MR) is 134 cm³/mol. The molecule has 1 aromatic carbocycles. The van der Waals surface area contributed by atoms with Gasteiger partial charge in [-0.25, -0.2) is 4.79 Å². The highest BCUT2D eigenvalue weighted by Crippen LogP contribution is 2.26. The molecule has 0 heterocycles. The Balaban J connectivity index is 2.02. The molecule has 5 heteroatoms. The molecule has 0 aromatic heterocycles. The zero-order chi connectivity index (χ0) is 24.2. The van der Waals surface area contributed by atoms with E-state index >= 15 is 0 Å². The van der Waals surface area contributed by atoms with Crippen molar-refractivity contribution in [3.63, 3.8) is 0 Å². The van der Waals surface area contributed by atoms with Gasteiger partial charge in [0.1, 0.15) is 0 Å². The number of hydrogen-bond donors (Lipinski definition) is 1. The van der Waals surface area contributed by atoms with E-state index in [0.717, 1.165) is 32.1 Å². The second-order valence-electron chi connectivity index (χ2n) is 8.39. The average molecular weight is 459 g/mol. The quantitative estimate of drug-likeness (QED) is 0.0809. The van der Waals surface area contributed by atoms with Gasteiger partial charge in [-0.2, -0.15) is 0 Å². The summed E-state index contributed by atoms with van der Waals surface area (Å²) in [6.07, 6.45) is 23.1. The lowest BCUT2D eigenvalue weighted by molar-refractivity contribution is -0.156. The molecule has 0 fully saturated rings. The van der Waals surface area contributed by atoms with Crippen molar-refractivity contribution >= 4 is 18.0 Å². The van der Waals surface area contributed by atoms with Crippen molar-refractivity contribution in [2.45, 2.75) is 96.8 Å². The fourth-order valence-corrected chi connectivity index (χ4v) is 3.50. The van der Waals surface area contributed by atoms with Gasteiger partial charge in [-0.15, -0.1) is 0 Å². The molecule has 184 valence electrons. The predicted octanol–water partition coefficient (Wildman–Crippen LogP) is 7.52. The molecule has 0 aliphatic heterocycles. The summed E-state index contributed by atoms with van der Waals surface area (Å²) in [6, 6.07) is 4.70. The number of carbonyl (C=O) groups excluding carboxylic acids is 2. The summed E-state index contributed by atoms with van der Waals surface area (Å²) in [5.74, 6) is -0.858. The first-order chi connectivity index (χ1) is 16.1. The van der Waals surface area contributed by atoms with E-state index in [0.29, 0.717) is 11.3 Å². The number of allylic oxidation sites excluding steroid dienone is 2. The number of phenols is 1. The number of benzene rings is 1. The Labute approximate surface area is 199 Å². The number of ether oxygens (including phenoxy) is 2. The summed E-state index contributed by atoms with van der Waals surface area (Å²) in [4.78, 5) is 23.6. The van der Waals surface area contributed by atoms with Crippen LogP contribution in [0.3, 0.4) is 0 Å². The normalized spacial score (nSPS) is 11.3. The Morgan fingerprint density at radius 2 is 1.48 bits per heavy atom. The molecule has 0 aliphatic carbocycles. The molecule has 0 radical (unpaired) electrons. The van der Waals surface area contributed by atoms with E-state index in [9.17, 15) is 14.7 Å². The lowest BCUT2D eigenvalue weighted by atomic mass is 10.1. The van der Waals surface area contributed by atoms with Gasteiger partial charge in [0.05, 0.1) is 7.11 Å². The summed E-state index contributed by atoms with van der Waals surface area (Å²) in [6.45, 7) is 2.25. The van der Waals surface area contributed by atoms with Crippen LogP contribution < -0.4 is 4.74 Å². The minimum absolute atomic E-state index is 0.0207. The van der Waals surface area contributed by atoms with Gasteiger partial charge in [-0.1, -0.05) is 76.5 Å². The number of rotatable bonds is 18. The summed E-state index contributed by atoms with van der Waals surface area (Å²) < 4.78 is 9.84. The zero-order valence-electron chi connectivity index (χ0n) is 20.5. The molecule has 0 spiro atoms. The fourth-order valence-electron chi connectivity index (χ4n) is 3.50. The maximum atomic E-state index is 11.8. The van der Waals surface area contributed by atoms with Crippen molar-refractivity contribution in [1.29, 1.82) is 0 Å². The largest absolute Gasteiger partial charge is 0.504 e. The van der Waals surface area contributed by atoms with Crippen LogP contribution in [-0.4, -0.2) is 24.2 Å². The molecule has 0 saturated carbocycles. The molecule has 5 nitrogen and oxygen atoms in total. The number of carbonyl (C=O) groups is 2. The molecular formula is C28H42O5. The SMILES string of the molecule is CCCCCCCCC=CCCCCCCCC(=O)OC(=O)C=Cc1ccc(O)c(OC)c1. The summed E-state index contributed by atoms with van der Waals surface area (Å²) in [5, 5.41) is 9.57. The fraction of sp³-hybridized carbons (Fsp3) is 0.571. The average Bonchev–Trinajstić information content (AvgIpc) is 2.81. The van der Waals surface area contributed by atoms with Crippen LogP contribution in [0, 0.1) is 0 Å². The third kappa shape index (κ3) is 15.0. The molecule has 0 atom stereocenters. The molecule has 1 aromatic rings. The van der Waals surface area contributed by atoms with Crippen LogP contribution in [0.5, 0.6) is 11.5 Å². The van der Waals surface area contributed by atoms with Gasteiger partial charge in [-0.05, 0) is 55.9 Å². The van der Waals surface area contributed by atoms with Gasteiger partial charge in [-0.3, -0.25) is 4.79 Å². The van der Waals surface area contributed by atoms with Gasteiger partial charge in [0, 0.05) is 12.5 Å². The van der Waals surface area contributed by atoms with Crippen LogP contribution in [-0.2, 0) is 14.3 Å². The van der Waals surface area contributed by atoms with Gasteiger partial charge < -0.3 is 14.6 Å². The number of unbranched alkanes of at least 4 members (excludes halogenated alkanes) is 11. The lowest BCUT2D eigenvalue weighted by Gasteiger charge is -2.03. The van der Waals surface area contributed by atoms with E-state index in [2.05, 4.69) is 19.1 Å². The number of phenolic OH excluding ortho intramolecular Hbond substituents is 1. The number of methoxy groups -OCH3 is 1. The van der Waals surface area contributed by atoms with Gasteiger partial charge in [0.15, 0.2) is 11.5 Å². The number of aromatic hydroxyl groups is 1. The Morgan fingerprint density at radius 1 is 0.879 bits per heavy atom. The zero-order valence-corrected chi connectivity index (χ0v) is 20.5. The van der Waals surface area contributed by atoms with E-state index in [-0.39, 0.29) is 12.2 Å². The minimum atomic E-state index is -0.695. The van der Waals surface area contributed by atoms with Crippen molar-refractivity contribution in [3.8, 4) is 11.5 Å². The van der Waals surface area contributed by atoms with Crippen LogP contribution in [0.4, 0.5) is 0 Å². The number of hydrogen-bond acceptors (Lipinski definition) is 5. The molecular weight excluding hydrogens is 416 g/mol. The van der Waals surface area contributed by atoms with Crippen molar-refractivity contribution in [2.24, 2.45) is 0 Å². The first-order valence-electron chi connectivity index (χ1n) is 12.5. The lowest BCUT2D eigenvalue weighted by Crippen LogP contribution is -2.09. The van der Waals surface area contributed by atoms with Crippen molar-refractivity contribution in [2.75, 3.05) is 7.11 Å². The molecule has 0 aliphatic rings. The molecule has 0 amide bonds. The monoisotopic (exact) mass is 458 g/mol.